The molecule has 0 fully saturated rings. The molecule has 0 aliphatic rings. The molecule has 13 heteroatoms. The van der Waals surface area contributed by atoms with E-state index in [1.54, 1.807) is 25.3 Å². The largest absolute Gasteiger partial charge is 0.497 e. The summed E-state index contributed by atoms with van der Waals surface area (Å²) < 4.78 is 85.9. The molecule has 0 aromatic heterocycles. The maximum atomic E-state index is 11.6. The third-order valence-corrected chi connectivity index (χ3v) is 8.73. The Hall–Kier alpha value is -5.70. The van der Waals surface area contributed by atoms with E-state index in [4.69, 9.17) is 36.5 Å². The third kappa shape index (κ3) is 14.9. The lowest BCUT2D eigenvalue weighted by molar-refractivity contribution is 0.380. The van der Waals surface area contributed by atoms with E-state index in [-0.39, 0.29) is 10.6 Å². The zero-order valence-electron chi connectivity index (χ0n) is 30.6. The minimum atomic E-state index is -4.67. The van der Waals surface area contributed by atoms with Gasteiger partial charge in [-0.05, 0) is 110 Å². The van der Waals surface area contributed by atoms with Crippen molar-refractivity contribution < 1.29 is 49.4 Å². The predicted octanol–water partition coefficient (Wildman–Crippen LogP) is 9.37. The Balaban J connectivity index is 0.000000220. The molecular formula is C42H42O11S2. The molecule has 0 atom stereocenters. The van der Waals surface area contributed by atoms with Crippen molar-refractivity contribution in [1.29, 1.82) is 0 Å². The van der Waals surface area contributed by atoms with Crippen LogP contribution in [0.25, 0.3) is 0 Å². The van der Waals surface area contributed by atoms with Crippen LogP contribution < -0.4 is 18.9 Å². The van der Waals surface area contributed by atoms with Crippen LogP contribution in [0.5, 0.6) is 34.5 Å². The first-order valence-electron chi connectivity index (χ1n) is 16.7. The van der Waals surface area contributed by atoms with Crippen LogP contribution in [0.1, 0.15) is 33.4 Å². The molecule has 0 spiro atoms. The normalized spacial score (nSPS) is 10.9. The van der Waals surface area contributed by atoms with Crippen molar-refractivity contribution in [3.05, 3.63) is 173 Å². The van der Waals surface area contributed by atoms with Crippen molar-refractivity contribution in [2.24, 2.45) is 0 Å². The van der Waals surface area contributed by atoms with Crippen molar-refractivity contribution in [1.82, 2.24) is 0 Å². The first-order chi connectivity index (χ1) is 26.1. The van der Waals surface area contributed by atoms with Crippen LogP contribution in [0.4, 0.5) is 0 Å². The molecule has 6 aromatic carbocycles. The van der Waals surface area contributed by atoms with Gasteiger partial charge in [-0.25, -0.2) is 0 Å². The highest BCUT2D eigenvalue weighted by molar-refractivity contribution is 7.86. The van der Waals surface area contributed by atoms with Crippen molar-refractivity contribution in [2.75, 3.05) is 14.2 Å². The minimum absolute atomic E-state index is 0.0320. The van der Waals surface area contributed by atoms with Crippen molar-refractivity contribution in [3.63, 3.8) is 0 Å². The summed E-state index contributed by atoms with van der Waals surface area (Å²) in [5.74, 6) is 3.27. The van der Waals surface area contributed by atoms with Crippen LogP contribution in [0.2, 0.25) is 0 Å². The van der Waals surface area contributed by atoms with Crippen LogP contribution >= 0.6 is 0 Å². The average molecular weight is 787 g/mol. The second kappa shape index (κ2) is 19.6. The Bertz CT molecular complexity index is 2320. The van der Waals surface area contributed by atoms with E-state index in [0.717, 1.165) is 35.7 Å². The van der Waals surface area contributed by atoms with Gasteiger partial charge in [0.2, 0.25) is 0 Å². The van der Waals surface area contributed by atoms with Gasteiger partial charge >= 0.3 is 10.4 Å². The number of methoxy groups -OCH3 is 2. The summed E-state index contributed by atoms with van der Waals surface area (Å²) in [7, 11) is -6.04. The Morgan fingerprint density at radius 3 is 1.11 bits per heavy atom. The standard InChI is InChI=1S/C21H20O5S.C21H20O2.H2O4S/c1-15-3-5-16(6-4-15)13-17-7-9-18(10-8-17)26-20-12-11-19(25-2)14-21(20)27(22,23)24;1-16-3-5-17(6-4-16)15-18-7-9-20(10-8-18)23-21-13-11-19(22-2)12-14-21;1-5(2,3)4/h3-12,14H,13H2,1-2H3,(H,22,23,24);3-14H,15H2,1-2H3;(H2,1,2,3,4). The van der Waals surface area contributed by atoms with Gasteiger partial charge in [-0.1, -0.05) is 83.9 Å². The monoisotopic (exact) mass is 786 g/mol. The zero-order valence-corrected chi connectivity index (χ0v) is 32.3. The second-order valence-corrected chi connectivity index (χ2v) is 14.5. The summed E-state index contributed by atoms with van der Waals surface area (Å²) in [4.78, 5) is -0.342. The summed E-state index contributed by atoms with van der Waals surface area (Å²) in [5, 5.41) is 0. The molecule has 55 heavy (non-hydrogen) atoms. The molecule has 0 saturated carbocycles. The van der Waals surface area contributed by atoms with Gasteiger partial charge < -0.3 is 18.9 Å². The van der Waals surface area contributed by atoms with Gasteiger partial charge in [0, 0.05) is 6.07 Å². The molecule has 11 nitrogen and oxygen atoms in total. The number of aryl methyl sites for hydroxylation is 2. The molecule has 0 heterocycles. The molecular weight excluding hydrogens is 745 g/mol. The van der Waals surface area contributed by atoms with Gasteiger partial charge in [0.1, 0.15) is 39.4 Å². The highest BCUT2D eigenvalue weighted by Gasteiger charge is 2.19. The number of rotatable bonds is 11. The Morgan fingerprint density at radius 1 is 0.436 bits per heavy atom. The van der Waals surface area contributed by atoms with E-state index in [2.05, 4.69) is 74.5 Å². The molecule has 6 rings (SSSR count). The third-order valence-electron chi connectivity index (χ3n) is 7.86. The second-order valence-electron chi connectivity index (χ2n) is 12.2. The summed E-state index contributed by atoms with van der Waals surface area (Å²) in [6.45, 7) is 4.16. The molecule has 0 aliphatic heterocycles. The predicted molar refractivity (Wildman–Crippen MR) is 211 cm³/mol. The van der Waals surface area contributed by atoms with E-state index < -0.39 is 20.5 Å². The van der Waals surface area contributed by atoms with Crippen molar-refractivity contribution in [2.45, 2.75) is 31.6 Å². The van der Waals surface area contributed by atoms with Crippen LogP contribution in [-0.4, -0.2) is 44.7 Å². The van der Waals surface area contributed by atoms with E-state index in [0.29, 0.717) is 11.5 Å². The van der Waals surface area contributed by atoms with Gasteiger partial charge in [-0.15, -0.1) is 0 Å². The highest BCUT2D eigenvalue weighted by atomic mass is 32.3. The van der Waals surface area contributed by atoms with Crippen LogP contribution in [0.15, 0.2) is 144 Å². The van der Waals surface area contributed by atoms with Crippen molar-refractivity contribution >= 4 is 20.5 Å². The SMILES string of the molecule is COc1ccc(Oc2ccc(Cc3ccc(C)cc3)cc2)c(S(=O)(=O)O)c1.COc1ccc(Oc2ccc(Cc3ccc(C)cc3)cc2)cc1.O=S(=O)(O)O. The number of hydrogen-bond donors (Lipinski definition) is 3. The van der Waals surface area contributed by atoms with Crippen LogP contribution in [0, 0.1) is 13.8 Å². The topological polar surface area (TPSA) is 166 Å². The number of ether oxygens (including phenoxy) is 4. The fraction of sp³-hybridized carbons (Fsp3) is 0.143. The minimum Gasteiger partial charge on any atom is -0.497 e. The molecule has 0 saturated heterocycles. The van der Waals surface area contributed by atoms with E-state index in [1.165, 1.54) is 47.1 Å². The molecule has 3 N–H and O–H groups in total. The maximum absolute atomic E-state index is 11.6. The fourth-order valence-corrected chi connectivity index (χ4v) is 5.67. The molecule has 6 aromatic rings. The first-order valence-corrected chi connectivity index (χ1v) is 19.6. The molecule has 0 bridgehead atoms. The quantitative estimate of drug-likeness (QED) is 0.107. The van der Waals surface area contributed by atoms with Gasteiger partial charge in [-0.2, -0.15) is 16.8 Å². The summed E-state index contributed by atoms with van der Waals surface area (Å²) in [5.41, 5.74) is 7.41. The van der Waals surface area contributed by atoms with Gasteiger partial charge in [0.05, 0.1) is 14.2 Å². The van der Waals surface area contributed by atoms with Crippen LogP contribution in [0.3, 0.4) is 0 Å². The molecule has 0 unspecified atom stereocenters. The summed E-state index contributed by atoms with van der Waals surface area (Å²) in [6, 6.07) is 44.4. The average Bonchev–Trinajstić information content (AvgIpc) is 3.15. The summed E-state index contributed by atoms with van der Waals surface area (Å²) >= 11 is 0. The Labute approximate surface area is 322 Å². The lowest BCUT2D eigenvalue weighted by Crippen LogP contribution is -2.02. The lowest BCUT2D eigenvalue weighted by atomic mass is 10.0. The first kappa shape index (κ1) is 42.0. The Kier molecular flexibility index (Phi) is 15.0. The van der Waals surface area contributed by atoms with Gasteiger partial charge in [0.25, 0.3) is 10.1 Å². The van der Waals surface area contributed by atoms with E-state index in [9.17, 15) is 13.0 Å². The lowest BCUT2D eigenvalue weighted by Gasteiger charge is -2.11. The Morgan fingerprint density at radius 2 is 0.745 bits per heavy atom. The molecule has 0 amide bonds. The van der Waals surface area contributed by atoms with Gasteiger partial charge in [0.15, 0.2) is 0 Å². The zero-order chi connectivity index (χ0) is 40.0. The van der Waals surface area contributed by atoms with Crippen molar-refractivity contribution in [3.8, 4) is 34.5 Å². The molecule has 0 radical (unpaired) electrons. The van der Waals surface area contributed by atoms with E-state index in [1.807, 2.05) is 48.5 Å². The van der Waals surface area contributed by atoms with Gasteiger partial charge in [-0.3, -0.25) is 13.7 Å². The smallest absolute Gasteiger partial charge is 0.394 e. The highest BCUT2D eigenvalue weighted by Crippen LogP contribution is 2.32. The summed E-state index contributed by atoms with van der Waals surface area (Å²) in [6.07, 6.45) is 1.72. The number of hydrogen-bond acceptors (Lipinski definition) is 8. The number of benzene rings is 6. The molecule has 0 aliphatic carbocycles. The van der Waals surface area contributed by atoms with Crippen LogP contribution in [-0.2, 0) is 33.4 Å². The van der Waals surface area contributed by atoms with E-state index >= 15 is 0 Å². The fourth-order valence-electron chi connectivity index (χ4n) is 5.04. The maximum Gasteiger partial charge on any atom is 0.394 e. The molecule has 288 valence electrons.